The number of rotatable bonds is 6. The summed E-state index contributed by atoms with van der Waals surface area (Å²) in [4.78, 5) is 10.7. The molecule has 0 heterocycles. The van der Waals surface area contributed by atoms with Gasteiger partial charge in [-0.25, -0.2) is 0 Å². The minimum Gasteiger partial charge on any atom is -0.491 e. The van der Waals surface area contributed by atoms with Crippen LogP contribution in [0.1, 0.15) is 12.5 Å². The van der Waals surface area contributed by atoms with Gasteiger partial charge in [-0.2, -0.15) is 0 Å². The number of carbonyl (C=O) groups excluding carboxylic acids is 1. The zero-order valence-corrected chi connectivity index (χ0v) is 9.40. The molecule has 1 amide bonds. The lowest BCUT2D eigenvalue weighted by atomic mass is 10.1. The Morgan fingerprint density at radius 3 is 2.88 bits per heavy atom. The maximum atomic E-state index is 10.7. The number of amides is 1. The fourth-order valence-electron chi connectivity index (χ4n) is 1.34. The van der Waals surface area contributed by atoms with Gasteiger partial charge in [0.15, 0.2) is 0 Å². The summed E-state index contributed by atoms with van der Waals surface area (Å²) in [5, 5.41) is 11.0. The largest absolute Gasteiger partial charge is 0.491 e. The topological polar surface area (TPSA) is 58.6 Å². The molecule has 0 aliphatic carbocycles. The van der Waals surface area contributed by atoms with E-state index in [2.05, 4.69) is 12.2 Å². The van der Waals surface area contributed by atoms with Crippen molar-refractivity contribution in [2.75, 3.05) is 19.8 Å². The fraction of sp³-hybridized carbons (Fsp3) is 0.417. The molecule has 0 radical (unpaired) electrons. The average Bonchev–Trinajstić information content (AvgIpc) is 2.34. The molecule has 0 fully saturated rings. The van der Waals surface area contributed by atoms with Crippen molar-refractivity contribution in [1.29, 1.82) is 0 Å². The molecule has 1 rings (SSSR count). The first kappa shape index (κ1) is 12.5. The van der Waals surface area contributed by atoms with E-state index < -0.39 is 6.61 Å². The monoisotopic (exact) mass is 223 g/mol. The lowest BCUT2D eigenvalue weighted by Crippen LogP contribution is -2.30. The van der Waals surface area contributed by atoms with Gasteiger partial charge < -0.3 is 15.2 Å². The van der Waals surface area contributed by atoms with Crippen molar-refractivity contribution in [3.63, 3.8) is 0 Å². The number of benzene rings is 1. The Balaban J connectivity index is 2.34. The number of aliphatic hydroxyl groups is 1. The third kappa shape index (κ3) is 3.90. The Kier molecular flexibility index (Phi) is 5.36. The van der Waals surface area contributed by atoms with Crippen LogP contribution in [-0.4, -0.2) is 30.8 Å². The second kappa shape index (κ2) is 6.85. The van der Waals surface area contributed by atoms with Gasteiger partial charge in [0.05, 0.1) is 6.54 Å². The molecule has 0 spiro atoms. The van der Waals surface area contributed by atoms with Crippen molar-refractivity contribution in [3.8, 4) is 5.75 Å². The van der Waals surface area contributed by atoms with E-state index in [0.717, 1.165) is 17.7 Å². The van der Waals surface area contributed by atoms with Crippen LogP contribution < -0.4 is 10.1 Å². The van der Waals surface area contributed by atoms with Gasteiger partial charge in [0, 0.05) is 0 Å². The van der Waals surface area contributed by atoms with Crippen molar-refractivity contribution >= 4 is 5.91 Å². The summed E-state index contributed by atoms with van der Waals surface area (Å²) in [5.41, 5.74) is 1.15. The summed E-state index contributed by atoms with van der Waals surface area (Å²) in [5.74, 6) is 0.468. The number of nitrogens with one attached hydrogen (secondary N) is 1. The molecule has 1 aromatic rings. The Morgan fingerprint density at radius 1 is 1.44 bits per heavy atom. The fourth-order valence-corrected chi connectivity index (χ4v) is 1.34. The first-order valence-electron chi connectivity index (χ1n) is 5.36. The highest BCUT2D eigenvalue weighted by atomic mass is 16.5. The van der Waals surface area contributed by atoms with Gasteiger partial charge in [0.1, 0.15) is 19.0 Å². The predicted octanol–water partition coefficient (Wildman–Crippen LogP) is 0.736. The molecule has 0 saturated heterocycles. The molecule has 88 valence electrons. The highest BCUT2D eigenvalue weighted by Crippen LogP contribution is 2.17. The van der Waals surface area contributed by atoms with Gasteiger partial charge in [-0.1, -0.05) is 25.1 Å². The number of hydrogen-bond acceptors (Lipinski definition) is 3. The summed E-state index contributed by atoms with van der Waals surface area (Å²) >= 11 is 0. The predicted molar refractivity (Wildman–Crippen MR) is 61.4 cm³/mol. The Hall–Kier alpha value is -1.55. The molecule has 4 heteroatoms. The zero-order valence-electron chi connectivity index (χ0n) is 9.40. The summed E-state index contributed by atoms with van der Waals surface area (Å²) in [6.07, 6.45) is 0.916. The molecule has 16 heavy (non-hydrogen) atoms. The maximum Gasteiger partial charge on any atom is 0.245 e. The van der Waals surface area contributed by atoms with Gasteiger partial charge in [-0.05, 0) is 18.1 Å². The summed E-state index contributed by atoms with van der Waals surface area (Å²) < 4.78 is 5.53. The van der Waals surface area contributed by atoms with E-state index in [4.69, 9.17) is 9.84 Å². The standard InChI is InChI=1S/C12H17NO3/c1-2-10-5-3-4-6-11(10)16-8-7-13-12(15)9-14/h3-6,14H,2,7-9H2,1H3,(H,13,15). The van der Waals surface area contributed by atoms with Crippen molar-refractivity contribution in [3.05, 3.63) is 29.8 Å². The number of aliphatic hydroxyl groups excluding tert-OH is 1. The van der Waals surface area contributed by atoms with Gasteiger partial charge in [0.25, 0.3) is 0 Å². The number of aryl methyl sites for hydroxylation is 1. The molecule has 2 N–H and O–H groups in total. The molecule has 0 aliphatic rings. The van der Waals surface area contributed by atoms with Gasteiger partial charge >= 0.3 is 0 Å². The molecule has 4 nitrogen and oxygen atoms in total. The molecule has 0 aliphatic heterocycles. The van der Waals surface area contributed by atoms with Crippen LogP contribution in [0.15, 0.2) is 24.3 Å². The van der Waals surface area contributed by atoms with Crippen molar-refractivity contribution in [1.82, 2.24) is 5.32 Å². The molecular formula is C12H17NO3. The summed E-state index contributed by atoms with van der Waals surface area (Å²) in [6, 6.07) is 7.81. The molecular weight excluding hydrogens is 206 g/mol. The van der Waals surface area contributed by atoms with Crippen molar-refractivity contribution < 1.29 is 14.6 Å². The lowest BCUT2D eigenvalue weighted by molar-refractivity contribution is -0.123. The van der Waals surface area contributed by atoms with Crippen LogP contribution in [-0.2, 0) is 11.2 Å². The maximum absolute atomic E-state index is 10.7. The van der Waals surface area contributed by atoms with E-state index in [-0.39, 0.29) is 5.91 Å². The highest BCUT2D eigenvalue weighted by molar-refractivity contribution is 5.76. The third-order valence-corrected chi connectivity index (χ3v) is 2.18. The number of ether oxygens (including phenoxy) is 1. The molecule has 0 saturated carbocycles. The van der Waals surface area contributed by atoms with Crippen LogP contribution in [0, 0.1) is 0 Å². The Bertz CT molecular complexity index is 339. The van der Waals surface area contributed by atoms with E-state index in [1.165, 1.54) is 0 Å². The van der Waals surface area contributed by atoms with E-state index >= 15 is 0 Å². The highest BCUT2D eigenvalue weighted by Gasteiger charge is 2.01. The van der Waals surface area contributed by atoms with Crippen LogP contribution in [0.5, 0.6) is 5.75 Å². The Labute approximate surface area is 95.2 Å². The first-order chi connectivity index (χ1) is 7.77. The van der Waals surface area contributed by atoms with E-state index in [0.29, 0.717) is 13.2 Å². The molecule has 0 bridgehead atoms. The van der Waals surface area contributed by atoms with Crippen molar-refractivity contribution in [2.45, 2.75) is 13.3 Å². The number of carbonyl (C=O) groups is 1. The first-order valence-corrected chi connectivity index (χ1v) is 5.36. The van der Waals surface area contributed by atoms with Gasteiger partial charge in [0.2, 0.25) is 5.91 Å². The second-order valence-corrected chi connectivity index (χ2v) is 3.32. The Morgan fingerprint density at radius 2 is 2.19 bits per heavy atom. The smallest absolute Gasteiger partial charge is 0.245 e. The normalized spacial score (nSPS) is 9.88. The van der Waals surface area contributed by atoms with Crippen LogP contribution in [0.25, 0.3) is 0 Å². The second-order valence-electron chi connectivity index (χ2n) is 3.32. The minimum absolute atomic E-state index is 0.382. The van der Waals surface area contributed by atoms with E-state index in [1.807, 2.05) is 24.3 Å². The summed E-state index contributed by atoms with van der Waals surface area (Å²) in [6.45, 7) is 2.39. The average molecular weight is 223 g/mol. The van der Waals surface area contributed by atoms with Crippen LogP contribution in [0.4, 0.5) is 0 Å². The van der Waals surface area contributed by atoms with Gasteiger partial charge in [-0.15, -0.1) is 0 Å². The quantitative estimate of drug-likeness (QED) is 0.699. The third-order valence-electron chi connectivity index (χ3n) is 2.18. The van der Waals surface area contributed by atoms with E-state index in [9.17, 15) is 4.79 Å². The van der Waals surface area contributed by atoms with E-state index in [1.54, 1.807) is 0 Å². The molecule has 0 atom stereocenters. The molecule has 0 unspecified atom stereocenters. The van der Waals surface area contributed by atoms with Crippen LogP contribution >= 0.6 is 0 Å². The zero-order chi connectivity index (χ0) is 11.8. The van der Waals surface area contributed by atoms with Crippen molar-refractivity contribution in [2.24, 2.45) is 0 Å². The SMILES string of the molecule is CCc1ccccc1OCCNC(=O)CO. The number of hydrogen-bond donors (Lipinski definition) is 2. The van der Waals surface area contributed by atoms with Crippen LogP contribution in [0.2, 0.25) is 0 Å². The minimum atomic E-state index is -0.481. The molecule has 1 aromatic carbocycles. The molecule has 0 aromatic heterocycles. The van der Waals surface area contributed by atoms with Crippen LogP contribution in [0.3, 0.4) is 0 Å². The lowest BCUT2D eigenvalue weighted by Gasteiger charge is -2.10. The summed E-state index contributed by atoms with van der Waals surface area (Å²) in [7, 11) is 0. The van der Waals surface area contributed by atoms with Gasteiger partial charge in [-0.3, -0.25) is 4.79 Å². The number of para-hydroxylation sites is 1.